The highest BCUT2D eigenvalue weighted by Gasteiger charge is 2.22. The van der Waals surface area contributed by atoms with Gasteiger partial charge in [-0.15, -0.1) is 0 Å². The van der Waals surface area contributed by atoms with E-state index >= 15 is 0 Å². The molecule has 3 nitrogen and oxygen atoms in total. The Hall–Kier alpha value is -0.120. The van der Waals surface area contributed by atoms with Gasteiger partial charge in [-0.05, 0) is 53.8 Å². The lowest BCUT2D eigenvalue weighted by Gasteiger charge is -2.36. The van der Waals surface area contributed by atoms with Gasteiger partial charge in [0.1, 0.15) is 0 Å². The van der Waals surface area contributed by atoms with Crippen molar-refractivity contribution >= 4 is 0 Å². The molecule has 0 amide bonds. The van der Waals surface area contributed by atoms with Crippen LogP contribution < -0.4 is 5.32 Å². The van der Waals surface area contributed by atoms with Crippen LogP contribution in [0.1, 0.15) is 40.0 Å². The van der Waals surface area contributed by atoms with Crippen molar-refractivity contribution in [1.82, 2.24) is 15.1 Å². The summed E-state index contributed by atoms with van der Waals surface area (Å²) in [5, 5.41) is 3.71. The number of likely N-dealkylation sites (N-methyl/N-ethyl adjacent to an activating group) is 1. The van der Waals surface area contributed by atoms with E-state index in [0.717, 1.165) is 25.2 Å². The lowest BCUT2D eigenvalue weighted by Crippen LogP contribution is -2.47. The monoisotopic (exact) mass is 241 g/mol. The Balaban J connectivity index is 2.15. The van der Waals surface area contributed by atoms with Crippen molar-refractivity contribution in [2.75, 3.05) is 33.7 Å². The van der Waals surface area contributed by atoms with Crippen molar-refractivity contribution in [3.63, 3.8) is 0 Å². The lowest BCUT2D eigenvalue weighted by molar-refractivity contribution is 0.164. The largest absolute Gasteiger partial charge is 0.313 e. The SMILES string of the molecule is CCC(C)N(C)CCNC1CCN(C)C(C)C1. The van der Waals surface area contributed by atoms with Crippen LogP contribution in [-0.4, -0.2) is 61.7 Å². The fourth-order valence-corrected chi connectivity index (χ4v) is 2.45. The summed E-state index contributed by atoms with van der Waals surface area (Å²) in [6, 6.07) is 2.16. The Bertz CT molecular complexity index is 208. The highest BCUT2D eigenvalue weighted by atomic mass is 15.2. The van der Waals surface area contributed by atoms with Crippen LogP contribution in [-0.2, 0) is 0 Å². The summed E-state index contributed by atoms with van der Waals surface area (Å²) in [5.41, 5.74) is 0. The molecule has 0 aromatic rings. The van der Waals surface area contributed by atoms with Gasteiger partial charge in [0.05, 0.1) is 0 Å². The van der Waals surface area contributed by atoms with Crippen LogP contribution in [0.3, 0.4) is 0 Å². The van der Waals surface area contributed by atoms with Gasteiger partial charge in [0.2, 0.25) is 0 Å². The Morgan fingerprint density at radius 1 is 1.47 bits per heavy atom. The first-order valence-electron chi connectivity index (χ1n) is 7.18. The minimum Gasteiger partial charge on any atom is -0.313 e. The third-order valence-electron chi connectivity index (χ3n) is 4.45. The molecule has 102 valence electrons. The molecule has 0 saturated carbocycles. The van der Waals surface area contributed by atoms with Crippen molar-refractivity contribution in [3.05, 3.63) is 0 Å². The van der Waals surface area contributed by atoms with E-state index in [1.807, 2.05) is 0 Å². The maximum absolute atomic E-state index is 3.71. The average Bonchev–Trinajstić information content (AvgIpc) is 2.32. The molecular formula is C14H31N3. The topological polar surface area (TPSA) is 18.5 Å². The number of hydrogen-bond acceptors (Lipinski definition) is 3. The van der Waals surface area contributed by atoms with Crippen molar-refractivity contribution < 1.29 is 0 Å². The second-order valence-electron chi connectivity index (χ2n) is 5.74. The van der Waals surface area contributed by atoms with Gasteiger partial charge in [-0.3, -0.25) is 0 Å². The molecule has 0 aliphatic carbocycles. The van der Waals surface area contributed by atoms with Gasteiger partial charge in [-0.1, -0.05) is 6.92 Å². The third kappa shape index (κ3) is 4.94. The normalized spacial score (nSPS) is 28.6. The molecule has 1 rings (SSSR count). The molecular weight excluding hydrogens is 210 g/mol. The van der Waals surface area contributed by atoms with E-state index in [9.17, 15) is 0 Å². The standard InChI is InChI=1S/C14H31N3/c1-6-12(2)17(5)10-8-15-14-7-9-16(4)13(3)11-14/h12-15H,6-11H2,1-5H3. The van der Waals surface area contributed by atoms with Crippen LogP contribution in [0, 0.1) is 0 Å². The molecule has 1 fully saturated rings. The number of nitrogens with one attached hydrogen (secondary N) is 1. The van der Waals surface area contributed by atoms with Crippen LogP contribution in [0.25, 0.3) is 0 Å². The average molecular weight is 241 g/mol. The molecule has 0 radical (unpaired) electrons. The highest BCUT2D eigenvalue weighted by molar-refractivity contribution is 4.81. The van der Waals surface area contributed by atoms with E-state index in [0.29, 0.717) is 6.04 Å². The van der Waals surface area contributed by atoms with E-state index in [1.165, 1.54) is 25.8 Å². The quantitative estimate of drug-likeness (QED) is 0.765. The Labute approximate surface area is 108 Å². The molecule has 0 aromatic heterocycles. The zero-order valence-electron chi connectivity index (χ0n) is 12.4. The first kappa shape index (κ1) is 14.9. The molecule has 17 heavy (non-hydrogen) atoms. The minimum atomic E-state index is 0.702. The molecule has 0 bridgehead atoms. The summed E-state index contributed by atoms with van der Waals surface area (Å²) in [6.07, 6.45) is 3.83. The molecule has 0 aromatic carbocycles. The fourth-order valence-electron chi connectivity index (χ4n) is 2.45. The number of rotatable bonds is 6. The maximum atomic E-state index is 3.71. The van der Waals surface area contributed by atoms with Crippen LogP contribution in [0.5, 0.6) is 0 Å². The first-order valence-corrected chi connectivity index (χ1v) is 7.18. The summed E-state index contributed by atoms with van der Waals surface area (Å²) >= 11 is 0. The van der Waals surface area contributed by atoms with Crippen molar-refractivity contribution in [1.29, 1.82) is 0 Å². The number of likely N-dealkylation sites (tertiary alicyclic amines) is 1. The summed E-state index contributed by atoms with van der Waals surface area (Å²) in [5.74, 6) is 0. The van der Waals surface area contributed by atoms with Gasteiger partial charge in [-0.25, -0.2) is 0 Å². The van der Waals surface area contributed by atoms with E-state index in [1.54, 1.807) is 0 Å². The van der Waals surface area contributed by atoms with E-state index in [4.69, 9.17) is 0 Å². The zero-order valence-corrected chi connectivity index (χ0v) is 12.4. The Morgan fingerprint density at radius 3 is 2.76 bits per heavy atom. The van der Waals surface area contributed by atoms with Gasteiger partial charge in [0.25, 0.3) is 0 Å². The second kappa shape index (κ2) is 7.34. The van der Waals surface area contributed by atoms with Gasteiger partial charge < -0.3 is 15.1 Å². The van der Waals surface area contributed by atoms with Gasteiger partial charge >= 0.3 is 0 Å². The number of nitrogens with zero attached hydrogens (tertiary/aromatic N) is 2. The number of hydrogen-bond donors (Lipinski definition) is 1. The highest BCUT2D eigenvalue weighted by Crippen LogP contribution is 2.14. The molecule has 3 atom stereocenters. The third-order valence-corrected chi connectivity index (χ3v) is 4.45. The molecule has 1 N–H and O–H groups in total. The van der Waals surface area contributed by atoms with Crippen molar-refractivity contribution in [2.45, 2.75) is 58.2 Å². The van der Waals surface area contributed by atoms with Crippen LogP contribution in [0.15, 0.2) is 0 Å². The molecule has 0 spiro atoms. The van der Waals surface area contributed by atoms with Gasteiger partial charge in [-0.2, -0.15) is 0 Å². The van der Waals surface area contributed by atoms with E-state index < -0.39 is 0 Å². The summed E-state index contributed by atoms with van der Waals surface area (Å²) in [7, 11) is 4.46. The maximum Gasteiger partial charge on any atom is 0.0107 e. The summed E-state index contributed by atoms with van der Waals surface area (Å²) < 4.78 is 0. The number of piperidine rings is 1. The van der Waals surface area contributed by atoms with E-state index in [2.05, 4.69) is 50.0 Å². The second-order valence-corrected chi connectivity index (χ2v) is 5.74. The smallest absolute Gasteiger partial charge is 0.0107 e. The zero-order chi connectivity index (χ0) is 12.8. The van der Waals surface area contributed by atoms with Crippen molar-refractivity contribution in [2.24, 2.45) is 0 Å². The molecule has 1 saturated heterocycles. The van der Waals surface area contributed by atoms with Crippen LogP contribution in [0.2, 0.25) is 0 Å². The molecule has 1 aliphatic heterocycles. The lowest BCUT2D eigenvalue weighted by atomic mass is 9.99. The molecule has 3 heteroatoms. The van der Waals surface area contributed by atoms with Gasteiger partial charge in [0.15, 0.2) is 0 Å². The molecule has 3 unspecified atom stereocenters. The first-order chi connectivity index (χ1) is 8.04. The summed E-state index contributed by atoms with van der Waals surface area (Å²) in [6.45, 7) is 10.4. The van der Waals surface area contributed by atoms with Crippen LogP contribution >= 0.6 is 0 Å². The Kier molecular flexibility index (Phi) is 6.45. The van der Waals surface area contributed by atoms with Crippen LogP contribution in [0.4, 0.5) is 0 Å². The molecule has 1 aliphatic rings. The van der Waals surface area contributed by atoms with Gasteiger partial charge in [0, 0.05) is 31.2 Å². The molecule has 1 heterocycles. The summed E-state index contributed by atoms with van der Waals surface area (Å²) in [4.78, 5) is 4.91. The van der Waals surface area contributed by atoms with E-state index in [-0.39, 0.29) is 0 Å². The predicted molar refractivity (Wildman–Crippen MR) is 75.5 cm³/mol. The minimum absolute atomic E-state index is 0.702. The Morgan fingerprint density at radius 2 is 2.18 bits per heavy atom. The fraction of sp³-hybridized carbons (Fsp3) is 1.00. The van der Waals surface area contributed by atoms with Crippen molar-refractivity contribution in [3.8, 4) is 0 Å². The predicted octanol–water partition coefficient (Wildman–Crippen LogP) is 1.79.